The molecule has 0 unspecified atom stereocenters. The third-order valence-corrected chi connectivity index (χ3v) is 0.771. The van der Waals surface area contributed by atoms with Crippen molar-refractivity contribution in [1.82, 2.24) is 0 Å². The van der Waals surface area contributed by atoms with Crippen molar-refractivity contribution in [3.05, 3.63) is 0 Å². The normalized spacial score (nSPS) is 13.7. The highest BCUT2D eigenvalue weighted by atomic mass is 16.2. The summed E-state index contributed by atoms with van der Waals surface area (Å²) in [4.78, 5) is 20.5. The molecule has 0 aliphatic carbocycles. The van der Waals surface area contributed by atoms with Gasteiger partial charge in [-0.3, -0.25) is 9.59 Å². The molecule has 0 bridgehead atoms. The topological polar surface area (TPSA) is 112 Å². The van der Waals surface area contributed by atoms with Gasteiger partial charge in [0.25, 0.3) is 0 Å². The fourth-order valence-corrected chi connectivity index (χ4v) is 0.300. The molecule has 0 spiro atoms. The molecule has 0 fully saturated rings. The smallest absolute Gasteiger partial charge is 0.234 e. The highest BCUT2D eigenvalue weighted by molar-refractivity contribution is 5.86. The van der Waals surface area contributed by atoms with E-state index in [0.29, 0.717) is 0 Å². The van der Waals surface area contributed by atoms with Crippen molar-refractivity contribution >= 4 is 11.8 Å². The molecule has 0 aromatic carbocycles. The Morgan fingerprint density at radius 3 is 2.56 bits per heavy atom. The monoisotopic (exact) mass is 132 g/mol. The number of hydrogen-bond acceptors (Lipinski definition) is 3. The minimum absolute atomic E-state index is 0.237. The van der Waals surface area contributed by atoms with Crippen LogP contribution in [0.3, 0.4) is 0 Å². The Labute approximate surface area is 53.6 Å². The van der Waals surface area contributed by atoms with Crippen molar-refractivity contribution in [3.8, 4) is 0 Å². The van der Waals surface area contributed by atoms with Crippen LogP contribution >= 0.6 is 0 Å². The molecule has 1 atom stereocenters. The van der Waals surface area contributed by atoms with Crippen molar-refractivity contribution < 1.29 is 11.0 Å². The van der Waals surface area contributed by atoms with Gasteiger partial charge >= 0.3 is 0 Å². The van der Waals surface area contributed by atoms with E-state index in [4.69, 9.17) is 12.9 Å². The van der Waals surface area contributed by atoms with Gasteiger partial charge in [0.1, 0.15) is 0 Å². The number of nitrogens with two attached hydrogens (primary N) is 3. The van der Waals surface area contributed by atoms with E-state index >= 15 is 0 Å². The summed E-state index contributed by atoms with van der Waals surface area (Å²) >= 11 is 0. The van der Waals surface area contributed by atoms with Crippen molar-refractivity contribution in [3.63, 3.8) is 0 Å². The van der Waals surface area contributed by atoms with E-state index in [9.17, 15) is 9.59 Å². The first-order valence-electron chi connectivity index (χ1n) is 2.83. The zero-order valence-electron chi connectivity index (χ0n) is 5.76. The van der Waals surface area contributed by atoms with E-state index in [-0.39, 0.29) is 6.42 Å². The summed E-state index contributed by atoms with van der Waals surface area (Å²) in [6.07, 6.45) is -0.237. The van der Waals surface area contributed by atoms with Crippen LogP contribution < -0.4 is 17.2 Å². The van der Waals surface area contributed by atoms with Crippen LogP contribution in [0.2, 0.25) is 1.41 Å². The molecule has 0 aromatic rings. The van der Waals surface area contributed by atoms with Crippen LogP contribution in [-0.4, -0.2) is 17.9 Å². The minimum atomic E-state index is -0.995. The molecule has 0 rings (SSSR count). The lowest BCUT2D eigenvalue weighted by Gasteiger charge is -2.01. The van der Waals surface area contributed by atoms with Crippen molar-refractivity contribution in [2.45, 2.75) is 12.5 Å². The van der Waals surface area contributed by atoms with Gasteiger partial charge in [-0.05, 0) is 0 Å². The number of carbonyl (C=O) groups excluding carboxylic acids is 2. The summed E-state index contributed by atoms with van der Waals surface area (Å²) in [7, 11) is 0. The van der Waals surface area contributed by atoms with E-state index in [1.807, 2.05) is 0 Å². The minimum Gasteiger partial charge on any atom is -0.370 e. The van der Waals surface area contributed by atoms with Gasteiger partial charge in [0, 0.05) is 0 Å². The number of hydrogen-bond donors (Lipinski definition) is 3. The molecule has 52 valence electrons. The van der Waals surface area contributed by atoms with Crippen LogP contribution in [0, 0.1) is 0 Å². The van der Waals surface area contributed by atoms with Gasteiger partial charge in [0.15, 0.2) is 1.41 Å². The molecule has 0 heterocycles. The standard InChI is InChI=1S/C4H9N3O2/c5-2(4(7)9)1-3(6)8/h2H,1,5H2,(H2,6,8)(H2,7,9)/t2-/m0/s1/i/hD. The van der Waals surface area contributed by atoms with E-state index < -0.39 is 17.9 Å². The van der Waals surface area contributed by atoms with Gasteiger partial charge in [-0.15, -0.1) is 0 Å². The summed E-state index contributed by atoms with van der Waals surface area (Å²) in [5.41, 5.74) is 11.4. The second kappa shape index (κ2) is 3.03. The molecule has 9 heavy (non-hydrogen) atoms. The molecule has 6 N–H and O–H groups in total. The molecule has 0 radical (unpaired) electrons. The summed E-state index contributed by atoms with van der Waals surface area (Å²) in [5, 5.41) is 0. The quantitative estimate of drug-likeness (QED) is 0.400. The van der Waals surface area contributed by atoms with Crippen LogP contribution in [0.1, 0.15) is 6.42 Å². The van der Waals surface area contributed by atoms with Gasteiger partial charge in [-0.25, -0.2) is 0 Å². The van der Waals surface area contributed by atoms with Crippen molar-refractivity contribution in [1.29, 1.82) is 0 Å². The van der Waals surface area contributed by atoms with E-state index in [2.05, 4.69) is 0 Å². The van der Waals surface area contributed by atoms with Crippen LogP contribution in [-0.2, 0) is 9.59 Å². The Hall–Kier alpha value is -1.10. The predicted octanol–water partition coefficient (Wildman–Crippen LogP) is -2.33. The van der Waals surface area contributed by atoms with Crippen LogP contribution in [0.4, 0.5) is 0 Å². The fraction of sp³-hybridized carbons (Fsp3) is 0.500. The van der Waals surface area contributed by atoms with Crippen molar-refractivity contribution in [2.24, 2.45) is 17.2 Å². The Bertz CT molecular complexity index is 149. The lowest BCUT2D eigenvalue weighted by atomic mass is 10.2. The van der Waals surface area contributed by atoms with Crippen molar-refractivity contribution in [2.75, 3.05) is 0 Å². The number of carbonyl (C=O) groups is 2. The molecule has 5 nitrogen and oxygen atoms in total. The van der Waals surface area contributed by atoms with E-state index in [1.165, 1.54) is 0 Å². The largest absolute Gasteiger partial charge is 0.370 e. The average molecular weight is 132 g/mol. The molecular weight excluding hydrogens is 122 g/mol. The van der Waals surface area contributed by atoms with E-state index in [1.54, 1.807) is 5.73 Å². The van der Waals surface area contributed by atoms with Gasteiger partial charge in [-0.1, -0.05) is 0 Å². The molecule has 0 aliphatic heterocycles. The van der Waals surface area contributed by atoms with Gasteiger partial charge in [0.2, 0.25) is 11.8 Å². The SMILES string of the molecule is [2H]NC(=O)C[C@H](N)C(N)=O. The van der Waals surface area contributed by atoms with Crippen LogP contribution in [0.25, 0.3) is 0 Å². The summed E-state index contributed by atoms with van der Waals surface area (Å²) < 4.78 is 6.34. The van der Waals surface area contributed by atoms with Gasteiger partial charge in [-0.2, -0.15) is 0 Å². The second-order valence-corrected chi connectivity index (χ2v) is 1.64. The van der Waals surface area contributed by atoms with Gasteiger partial charge < -0.3 is 17.2 Å². The summed E-state index contributed by atoms with van der Waals surface area (Å²) in [5.74, 6) is -1.37. The van der Waals surface area contributed by atoms with Crippen LogP contribution in [0.5, 0.6) is 0 Å². The highest BCUT2D eigenvalue weighted by Crippen LogP contribution is 1.82. The zero-order valence-corrected chi connectivity index (χ0v) is 4.76. The average Bonchev–Trinajstić information content (AvgIpc) is 1.87. The van der Waals surface area contributed by atoms with E-state index in [0.717, 1.165) is 0 Å². The molecule has 0 saturated heterocycles. The summed E-state index contributed by atoms with van der Waals surface area (Å²) in [6, 6.07) is -0.995. The highest BCUT2D eigenvalue weighted by Gasteiger charge is 2.10. The Kier molecular flexibility index (Phi) is 2.03. The lowest BCUT2D eigenvalue weighted by molar-refractivity contribution is -0.124. The Balaban J connectivity index is 3.68. The Morgan fingerprint density at radius 2 is 2.22 bits per heavy atom. The predicted molar refractivity (Wildman–Crippen MR) is 31.0 cm³/mol. The first-order chi connectivity index (χ1) is 4.57. The third kappa shape index (κ3) is 3.48. The lowest BCUT2D eigenvalue weighted by Crippen LogP contribution is -2.39. The maximum absolute atomic E-state index is 10.3. The maximum Gasteiger partial charge on any atom is 0.234 e. The first kappa shape index (κ1) is 6.03. The number of amides is 2. The second-order valence-electron chi connectivity index (χ2n) is 1.64. The molecule has 0 aliphatic rings. The zero-order chi connectivity index (χ0) is 8.15. The molecule has 0 saturated carbocycles. The Morgan fingerprint density at radius 1 is 1.67 bits per heavy atom. The number of primary amides is 2. The number of rotatable bonds is 3. The molecule has 2 amide bonds. The molecular formula is C4H9N3O2. The first-order valence-corrected chi connectivity index (χ1v) is 2.33. The maximum atomic E-state index is 10.3. The molecule has 5 heteroatoms. The van der Waals surface area contributed by atoms with Crippen LogP contribution in [0.15, 0.2) is 0 Å². The fourth-order valence-electron chi connectivity index (χ4n) is 0.300. The summed E-state index contributed by atoms with van der Waals surface area (Å²) in [6.45, 7) is 0. The molecule has 0 aromatic heterocycles. The van der Waals surface area contributed by atoms with Gasteiger partial charge in [0.05, 0.1) is 12.5 Å². The third-order valence-electron chi connectivity index (χ3n) is 0.771.